The Morgan fingerprint density at radius 3 is 2.80 bits per heavy atom. The lowest BCUT2D eigenvalue weighted by molar-refractivity contribution is 0.254. The van der Waals surface area contributed by atoms with Crippen molar-refractivity contribution in [1.82, 2.24) is 28.7 Å². The van der Waals surface area contributed by atoms with Gasteiger partial charge >= 0.3 is 5.69 Å². The van der Waals surface area contributed by atoms with E-state index in [0.717, 1.165) is 0 Å². The van der Waals surface area contributed by atoms with Gasteiger partial charge in [-0.25, -0.2) is 23.5 Å². The lowest BCUT2D eigenvalue weighted by Gasteiger charge is -2.26. The number of imidazole rings is 2. The Labute approximate surface area is 196 Å². The number of hydrogen-bond acceptors (Lipinski definition) is 6. The van der Waals surface area contributed by atoms with Crippen molar-refractivity contribution in [1.29, 1.82) is 5.26 Å². The molecule has 1 aliphatic rings. The van der Waals surface area contributed by atoms with E-state index in [4.69, 9.17) is 10.00 Å². The highest BCUT2D eigenvalue weighted by Gasteiger charge is 2.29. The predicted molar refractivity (Wildman–Crippen MR) is 121 cm³/mol. The van der Waals surface area contributed by atoms with Gasteiger partial charge in [-0.15, -0.1) is 0 Å². The molecule has 1 aliphatic heterocycles. The quantitative estimate of drug-likeness (QED) is 0.396. The summed E-state index contributed by atoms with van der Waals surface area (Å²) in [5, 5.41) is 9.10. The normalized spacial score (nSPS) is 15.2. The summed E-state index contributed by atoms with van der Waals surface area (Å²) < 4.78 is 38.2. The number of rotatable bonds is 4. The molecule has 0 radical (unpaired) electrons. The predicted octanol–water partition coefficient (Wildman–Crippen LogP) is 3.50. The Morgan fingerprint density at radius 1 is 1.11 bits per heavy atom. The van der Waals surface area contributed by atoms with Crippen LogP contribution in [0.5, 0.6) is 5.75 Å². The average Bonchev–Trinajstić information content (AvgIpc) is 3.39. The summed E-state index contributed by atoms with van der Waals surface area (Å²) in [6.45, 7) is 0.490. The summed E-state index contributed by atoms with van der Waals surface area (Å²) in [7, 11) is 0. The Kier molecular flexibility index (Phi) is 4.81. The van der Waals surface area contributed by atoms with Crippen LogP contribution in [-0.2, 0) is 6.54 Å². The Balaban J connectivity index is 1.60. The summed E-state index contributed by atoms with van der Waals surface area (Å²) in [5.41, 5.74) is 1.94. The van der Waals surface area contributed by atoms with Gasteiger partial charge in [-0.05, 0) is 30.3 Å². The van der Waals surface area contributed by atoms with Crippen molar-refractivity contribution in [2.75, 3.05) is 6.61 Å². The molecule has 0 amide bonds. The molecule has 174 valence electrons. The van der Waals surface area contributed by atoms with Gasteiger partial charge in [0.1, 0.15) is 29.2 Å². The van der Waals surface area contributed by atoms with E-state index in [2.05, 4.69) is 21.0 Å². The number of nitriles is 1. The Bertz CT molecular complexity index is 1710. The minimum atomic E-state index is -0.535. The maximum absolute atomic E-state index is 14.2. The fourth-order valence-corrected chi connectivity index (χ4v) is 4.58. The molecule has 1 atom stereocenters. The lowest BCUT2D eigenvalue weighted by atomic mass is 10.00. The first-order valence-corrected chi connectivity index (χ1v) is 10.9. The smallest absolute Gasteiger partial charge is 0.330 e. The monoisotopic (exact) mass is 473 g/mol. The number of benzene rings is 2. The van der Waals surface area contributed by atoms with Gasteiger partial charge in [-0.1, -0.05) is 0 Å². The molecule has 2 aromatic carbocycles. The van der Waals surface area contributed by atoms with E-state index in [1.54, 1.807) is 12.1 Å². The van der Waals surface area contributed by atoms with Crippen LogP contribution in [0.3, 0.4) is 0 Å². The maximum Gasteiger partial charge on any atom is 0.330 e. The first kappa shape index (κ1) is 21.0. The van der Waals surface area contributed by atoms with Crippen LogP contribution in [0.1, 0.15) is 24.4 Å². The van der Waals surface area contributed by atoms with Crippen LogP contribution in [0.2, 0.25) is 0 Å². The second-order valence-corrected chi connectivity index (χ2v) is 8.17. The number of halogens is 2. The van der Waals surface area contributed by atoms with E-state index in [-0.39, 0.29) is 24.6 Å². The van der Waals surface area contributed by atoms with E-state index in [1.165, 1.54) is 50.5 Å². The van der Waals surface area contributed by atoms with Crippen molar-refractivity contribution in [2.45, 2.75) is 25.4 Å². The standard InChI is InChI=1S/C24H17F2N7O2/c25-14-3-5-21-16(10-14)18(6-9-35-21)33-22-20(31(24(33)34)8-1-7-27)12-28-23(30-22)32-13-29-17-4-2-15(26)11-19(17)32/h2-5,10-13,18H,1,6,8-9H2/t18-/m1/s1. The molecule has 0 unspecified atom stereocenters. The summed E-state index contributed by atoms with van der Waals surface area (Å²) in [6, 6.07) is 9.94. The molecule has 0 saturated carbocycles. The van der Waals surface area contributed by atoms with Crippen LogP contribution in [0.25, 0.3) is 28.1 Å². The average molecular weight is 473 g/mol. The van der Waals surface area contributed by atoms with E-state index in [9.17, 15) is 13.6 Å². The number of aromatic nitrogens is 6. The molecule has 5 aromatic rings. The van der Waals surface area contributed by atoms with Crippen LogP contribution in [0, 0.1) is 23.0 Å². The molecule has 0 saturated heterocycles. The van der Waals surface area contributed by atoms with Crippen molar-refractivity contribution < 1.29 is 13.5 Å². The van der Waals surface area contributed by atoms with Crippen molar-refractivity contribution in [2.24, 2.45) is 0 Å². The van der Waals surface area contributed by atoms with Crippen molar-refractivity contribution in [3.8, 4) is 17.8 Å². The molecule has 0 aliphatic carbocycles. The third-order valence-electron chi connectivity index (χ3n) is 6.16. The Morgan fingerprint density at radius 2 is 1.94 bits per heavy atom. The molecular formula is C24H17F2N7O2. The van der Waals surface area contributed by atoms with E-state index in [1.807, 2.05) is 0 Å². The fourth-order valence-electron chi connectivity index (χ4n) is 4.58. The molecule has 6 rings (SSSR count). The number of hydrogen-bond donors (Lipinski definition) is 0. The molecular weight excluding hydrogens is 456 g/mol. The minimum Gasteiger partial charge on any atom is -0.493 e. The van der Waals surface area contributed by atoms with Crippen molar-refractivity contribution in [3.05, 3.63) is 76.6 Å². The minimum absolute atomic E-state index is 0.116. The zero-order chi connectivity index (χ0) is 24.1. The van der Waals surface area contributed by atoms with Gasteiger partial charge in [-0.2, -0.15) is 10.2 Å². The fraction of sp³-hybridized carbons (Fsp3) is 0.208. The van der Waals surface area contributed by atoms with Crippen LogP contribution < -0.4 is 10.4 Å². The summed E-state index contributed by atoms with van der Waals surface area (Å²) in [4.78, 5) is 26.9. The number of ether oxygens (including phenoxy) is 1. The van der Waals surface area contributed by atoms with Gasteiger partial charge in [-0.3, -0.25) is 13.7 Å². The summed E-state index contributed by atoms with van der Waals surface area (Å²) in [6.07, 6.45) is 3.53. The molecule has 35 heavy (non-hydrogen) atoms. The van der Waals surface area contributed by atoms with Crippen LogP contribution in [0.15, 0.2) is 53.7 Å². The van der Waals surface area contributed by atoms with Gasteiger partial charge in [0, 0.05) is 24.6 Å². The highest BCUT2D eigenvalue weighted by atomic mass is 19.1. The van der Waals surface area contributed by atoms with Gasteiger partial charge in [0.15, 0.2) is 5.65 Å². The third-order valence-corrected chi connectivity index (χ3v) is 6.16. The molecule has 9 nitrogen and oxygen atoms in total. The molecule has 0 bridgehead atoms. The molecule has 0 N–H and O–H groups in total. The molecule has 3 aromatic heterocycles. The summed E-state index contributed by atoms with van der Waals surface area (Å²) in [5.74, 6) is -0.176. The maximum atomic E-state index is 14.2. The molecule has 4 heterocycles. The second-order valence-electron chi connectivity index (χ2n) is 8.17. The van der Waals surface area contributed by atoms with Crippen molar-refractivity contribution >= 4 is 22.2 Å². The number of fused-ring (bicyclic) bond motifs is 3. The van der Waals surface area contributed by atoms with Gasteiger partial charge in [0.25, 0.3) is 0 Å². The van der Waals surface area contributed by atoms with Gasteiger partial charge < -0.3 is 4.74 Å². The van der Waals surface area contributed by atoms with E-state index < -0.39 is 17.7 Å². The van der Waals surface area contributed by atoms with Gasteiger partial charge in [0.05, 0.1) is 42.4 Å². The van der Waals surface area contributed by atoms with Crippen LogP contribution >= 0.6 is 0 Å². The van der Waals surface area contributed by atoms with Crippen LogP contribution in [0.4, 0.5) is 8.78 Å². The highest BCUT2D eigenvalue weighted by Crippen LogP contribution is 2.36. The molecule has 0 fully saturated rings. The molecule has 0 spiro atoms. The lowest BCUT2D eigenvalue weighted by Crippen LogP contribution is -2.31. The number of nitrogens with zero attached hydrogens (tertiary/aromatic N) is 7. The zero-order valence-electron chi connectivity index (χ0n) is 18.2. The van der Waals surface area contributed by atoms with Crippen molar-refractivity contribution in [3.63, 3.8) is 0 Å². The topological polar surface area (TPSA) is 104 Å². The first-order chi connectivity index (χ1) is 17.0. The SMILES string of the molecule is N#CCCn1c(=O)n([C@@H]2CCOc3ccc(F)cc32)c2nc(-n3cnc4ccc(F)cc43)ncc21. The van der Waals surface area contributed by atoms with E-state index >= 15 is 0 Å². The Hall–Kier alpha value is -4.59. The van der Waals surface area contributed by atoms with E-state index in [0.29, 0.717) is 46.5 Å². The third kappa shape index (κ3) is 3.33. The van der Waals surface area contributed by atoms with Gasteiger partial charge in [0.2, 0.25) is 5.95 Å². The summed E-state index contributed by atoms with van der Waals surface area (Å²) >= 11 is 0. The first-order valence-electron chi connectivity index (χ1n) is 10.9. The second kappa shape index (κ2) is 8.02. The van der Waals surface area contributed by atoms with Crippen LogP contribution in [-0.4, -0.2) is 35.3 Å². The molecule has 11 heteroatoms. The highest BCUT2D eigenvalue weighted by molar-refractivity contribution is 5.78. The largest absolute Gasteiger partial charge is 0.493 e. The zero-order valence-corrected chi connectivity index (χ0v) is 18.2. The number of aryl methyl sites for hydroxylation is 1.